The van der Waals surface area contributed by atoms with Crippen molar-refractivity contribution in [2.75, 3.05) is 66.7 Å². The lowest BCUT2D eigenvalue weighted by molar-refractivity contribution is -0.151. The predicted molar refractivity (Wildman–Crippen MR) is 157 cm³/mol. The molecule has 10 heteroatoms. The van der Waals surface area contributed by atoms with Gasteiger partial charge in [0, 0.05) is 25.2 Å². The van der Waals surface area contributed by atoms with E-state index >= 15 is 0 Å². The molecule has 0 aliphatic heterocycles. The van der Waals surface area contributed by atoms with Gasteiger partial charge in [0.25, 0.3) is 0 Å². The number of ether oxygens (including phenoxy) is 3. The number of nitrogens with zero attached hydrogens (tertiary/aromatic N) is 2. The lowest BCUT2D eigenvalue weighted by Gasteiger charge is -2.22. The molecule has 0 aromatic heterocycles. The Morgan fingerprint density at radius 2 is 1.25 bits per heavy atom. The van der Waals surface area contributed by atoms with Crippen LogP contribution in [0.15, 0.2) is 12.2 Å². The standard InChI is InChI=1S/C30H55N3O7/c1-7-11-13-25(9-3)29(36)39-23-19-33(20-24-40-30(37)26(10-4)14-12-8-2)28(35)16-15-27(34)31-17-21-38-22-18-32(5)6/h15-16,25-26H,7-14,17-24H2,1-6H3,(H,31,34). The molecule has 0 radical (unpaired) electrons. The van der Waals surface area contributed by atoms with Gasteiger partial charge in [-0.05, 0) is 39.8 Å². The van der Waals surface area contributed by atoms with Gasteiger partial charge in [0.15, 0.2) is 0 Å². The molecule has 232 valence electrons. The maximum Gasteiger partial charge on any atom is 0.308 e. The van der Waals surface area contributed by atoms with Gasteiger partial charge in [0.1, 0.15) is 13.2 Å². The minimum atomic E-state index is -0.430. The average Bonchev–Trinajstić information content (AvgIpc) is 2.93. The molecule has 2 atom stereocenters. The van der Waals surface area contributed by atoms with Crippen molar-refractivity contribution in [1.82, 2.24) is 15.1 Å². The van der Waals surface area contributed by atoms with E-state index in [-0.39, 0.29) is 50.1 Å². The van der Waals surface area contributed by atoms with E-state index in [1.54, 1.807) is 0 Å². The first-order chi connectivity index (χ1) is 19.2. The maximum absolute atomic E-state index is 12.9. The van der Waals surface area contributed by atoms with E-state index < -0.39 is 11.8 Å². The predicted octanol–water partition coefficient (Wildman–Crippen LogP) is 3.58. The maximum atomic E-state index is 12.9. The SMILES string of the molecule is CCCCC(CC)C(=O)OCCN(CCOC(=O)C(CC)CCCC)C(=O)C=CC(=O)NCCOCCN(C)C. The number of esters is 2. The van der Waals surface area contributed by atoms with Crippen molar-refractivity contribution < 1.29 is 33.4 Å². The molecular weight excluding hydrogens is 514 g/mol. The highest BCUT2D eigenvalue weighted by Crippen LogP contribution is 2.15. The fourth-order valence-corrected chi connectivity index (χ4v) is 3.87. The Hall–Kier alpha value is -2.46. The molecular formula is C30H55N3O7. The van der Waals surface area contributed by atoms with E-state index in [1.165, 1.54) is 17.1 Å². The molecule has 0 spiro atoms. The molecule has 0 fully saturated rings. The zero-order valence-corrected chi connectivity index (χ0v) is 25.9. The summed E-state index contributed by atoms with van der Waals surface area (Å²) in [7, 11) is 3.91. The molecule has 0 rings (SSSR count). The summed E-state index contributed by atoms with van der Waals surface area (Å²) >= 11 is 0. The van der Waals surface area contributed by atoms with Gasteiger partial charge in [0.05, 0.1) is 38.1 Å². The van der Waals surface area contributed by atoms with Crippen LogP contribution in [0.4, 0.5) is 0 Å². The number of rotatable bonds is 24. The number of unbranched alkanes of at least 4 members (excludes halogenated alkanes) is 2. The summed E-state index contributed by atoms with van der Waals surface area (Å²) < 4.78 is 16.4. The third-order valence-corrected chi connectivity index (χ3v) is 6.59. The fraction of sp³-hybridized carbons (Fsp3) is 0.800. The Morgan fingerprint density at radius 1 is 0.725 bits per heavy atom. The van der Waals surface area contributed by atoms with Crippen molar-refractivity contribution in [2.24, 2.45) is 11.8 Å². The second-order valence-corrected chi connectivity index (χ2v) is 10.2. The number of hydrogen-bond acceptors (Lipinski definition) is 8. The third-order valence-electron chi connectivity index (χ3n) is 6.59. The topological polar surface area (TPSA) is 114 Å². The summed E-state index contributed by atoms with van der Waals surface area (Å²) in [6.07, 6.45) is 9.22. The molecule has 2 amide bonds. The van der Waals surface area contributed by atoms with Gasteiger partial charge in [-0.1, -0.05) is 53.4 Å². The van der Waals surface area contributed by atoms with Crippen LogP contribution >= 0.6 is 0 Å². The van der Waals surface area contributed by atoms with Gasteiger partial charge in [0.2, 0.25) is 11.8 Å². The van der Waals surface area contributed by atoms with Crippen LogP contribution in [0.3, 0.4) is 0 Å². The van der Waals surface area contributed by atoms with Crippen molar-refractivity contribution in [3.8, 4) is 0 Å². The van der Waals surface area contributed by atoms with Gasteiger partial charge < -0.3 is 29.3 Å². The molecule has 10 nitrogen and oxygen atoms in total. The van der Waals surface area contributed by atoms with Crippen LogP contribution in [-0.4, -0.2) is 100 Å². The Bertz CT molecular complexity index is 709. The highest BCUT2D eigenvalue weighted by Gasteiger charge is 2.20. The zero-order chi connectivity index (χ0) is 30.2. The van der Waals surface area contributed by atoms with E-state index in [9.17, 15) is 19.2 Å². The van der Waals surface area contributed by atoms with Gasteiger partial charge in [-0.15, -0.1) is 0 Å². The van der Waals surface area contributed by atoms with Crippen LogP contribution in [0.5, 0.6) is 0 Å². The second kappa shape index (κ2) is 24.3. The lowest BCUT2D eigenvalue weighted by Crippen LogP contribution is -2.37. The summed E-state index contributed by atoms with van der Waals surface area (Å²) in [6.45, 7) is 10.4. The van der Waals surface area contributed by atoms with Crippen LogP contribution in [0.2, 0.25) is 0 Å². The van der Waals surface area contributed by atoms with Gasteiger partial charge in [-0.2, -0.15) is 0 Å². The van der Waals surface area contributed by atoms with Crippen molar-refractivity contribution in [1.29, 1.82) is 0 Å². The summed E-state index contributed by atoms with van der Waals surface area (Å²) in [5.74, 6) is -1.69. The van der Waals surface area contributed by atoms with Crippen LogP contribution in [-0.2, 0) is 33.4 Å². The summed E-state index contributed by atoms with van der Waals surface area (Å²) in [4.78, 5) is 53.4. The minimum absolute atomic E-state index is 0.0273. The Labute approximate surface area is 242 Å². The zero-order valence-electron chi connectivity index (χ0n) is 25.9. The summed E-state index contributed by atoms with van der Waals surface area (Å²) in [5.41, 5.74) is 0. The molecule has 0 saturated heterocycles. The highest BCUT2D eigenvalue weighted by molar-refractivity contribution is 5.96. The first kappa shape index (κ1) is 37.5. The number of likely N-dealkylation sites (N-methyl/N-ethyl adjacent to an activating group) is 1. The molecule has 2 unspecified atom stereocenters. The van der Waals surface area contributed by atoms with E-state index in [1.807, 2.05) is 32.8 Å². The van der Waals surface area contributed by atoms with Crippen molar-refractivity contribution in [3.63, 3.8) is 0 Å². The molecule has 0 bridgehead atoms. The number of nitrogens with one attached hydrogen (secondary N) is 1. The Kier molecular flexibility index (Phi) is 22.8. The second-order valence-electron chi connectivity index (χ2n) is 10.2. The molecule has 0 aliphatic rings. The minimum Gasteiger partial charge on any atom is -0.464 e. The van der Waals surface area contributed by atoms with Gasteiger partial charge >= 0.3 is 11.9 Å². The summed E-state index contributed by atoms with van der Waals surface area (Å²) in [6, 6.07) is 0. The average molecular weight is 570 g/mol. The van der Waals surface area contributed by atoms with Gasteiger partial charge in [-0.25, -0.2) is 0 Å². The Balaban J connectivity index is 4.95. The first-order valence-corrected chi connectivity index (χ1v) is 15.0. The number of carbonyl (C=O) groups excluding carboxylic acids is 4. The molecule has 0 aliphatic carbocycles. The molecule has 0 saturated carbocycles. The van der Waals surface area contributed by atoms with E-state index in [4.69, 9.17) is 14.2 Å². The lowest BCUT2D eigenvalue weighted by atomic mass is 10.00. The normalized spacial score (nSPS) is 12.8. The molecule has 0 heterocycles. The third kappa shape index (κ3) is 18.8. The smallest absolute Gasteiger partial charge is 0.308 e. The molecule has 0 aromatic carbocycles. The molecule has 1 N–H and O–H groups in total. The first-order valence-electron chi connectivity index (χ1n) is 15.0. The molecule has 0 aromatic rings. The van der Waals surface area contributed by atoms with E-state index in [0.717, 1.165) is 45.1 Å². The number of carbonyl (C=O) groups is 4. The Morgan fingerprint density at radius 3 is 1.70 bits per heavy atom. The molecule has 40 heavy (non-hydrogen) atoms. The van der Waals surface area contributed by atoms with E-state index in [2.05, 4.69) is 19.2 Å². The number of hydrogen-bond donors (Lipinski definition) is 1. The number of amides is 2. The largest absolute Gasteiger partial charge is 0.464 e. The fourth-order valence-electron chi connectivity index (χ4n) is 3.87. The van der Waals surface area contributed by atoms with Crippen molar-refractivity contribution >= 4 is 23.8 Å². The summed E-state index contributed by atoms with van der Waals surface area (Å²) in [5, 5.41) is 2.68. The van der Waals surface area contributed by atoms with Crippen LogP contribution in [0, 0.1) is 11.8 Å². The quantitative estimate of drug-likeness (QED) is 0.107. The monoisotopic (exact) mass is 569 g/mol. The van der Waals surface area contributed by atoms with Crippen molar-refractivity contribution in [3.05, 3.63) is 12.2 Å². The van der Waals surface area contributed by atoms with Crippen LogP contribution in [0.25, 0.3) is 0 Å². The van der Waals surface area contributed by atoms with E-state index in [0.29, 0.717) is 32.6 Å². The van der Waals surface area contributed by atoms with Gasteiger partial charge in [-0.3, -0.25) is 19.2 Å². The highest BCUT2D eigenvalue weighted by atomic mass is 16.5. The van der Waals surface area contributed by atoms with Crippen molar-refractivity contribution in [2.45, 2.75) is 79.1 Å². The van der Waals surface area contributed by atoms with Crippen LogP contribution < -0.4 is 5.32 Å². The van der Waals surface area contributed by atoms with Crippen LogP contribution in [0.1, 0.15) is 79.1 Å².